The van der Waals surface area contributed by atoms with Gasteiger partial charge >= 0.3 is 12.0 Å². The van der Waals surface area contributed by atoms with E-state index in [4.69, 9.17) is 4.74 Å². The fraction of sp³-hybridized carbons (Fsp3) is 0.333. The number of amides is 2. The normalized spacial score (nSPS) is 18.3. The van der Waals surface area contributed by atoms with E-state index in [9.17, 15) is 14.7 Å². The molecular formula is C15H17BrN2O4. The number of ether oxygens (including phenoxy) is 1. The van der Waals surface area contributed by atoms with Gasteiger partial charge in [-0.05, 0) is 32.0 Å². The van der Waals surface area contributed by atoms with Crippen LogP contribution in [-0.2, 0) is 9.53 Å². The molecule has 0 saturated heterocycles. The largest absolute Gasteiger partial charge is 0.508 e. The summed E-state index contributed by atoms with van der Waals surface area (Å²) in [7, 11) is 1.57. The molecule has 0 unspecified atom stereocenters. The quantitative estimate of drug-likeness (QED) is 0.803. The summed E-state index contributed by atoms with van der Waals surface area (Å²) in [6, 6.07) is 3.73. The number of urea groups is 1. The molecule has 0 spiro atoms. The predicted molar refractivity (Wildman–Crippen MR) is 84.2 cm³/mol. The van der Waals surface area contributed by atoms with Crippen molar-refractivity contribution in [2.75, 3.05) is 13.7 Å². The van der Waals surface area contributed by atoms with Crippen LogP contribution in [0.25, 0.3) is 0 Å². The minimum atomic E-state index is -0.764. The lowest BCUT2D eigenvalue weighted by Crippen LogP contribution is -2.46. The summed E-state index contributed by atoms with van der Waals surface area (Å²) < 4.78 is 5.82. The van der Waals surface area contributed by atoms with Crippen molar-refractivity contribution in [1.29, 1.82) is 0 Å². The van der Waals surface area contributed by atoms with Gasteiger partial charge in [-0.25, -0.2) is 9.59 Å². The Balaban J connectivity index is 2.58. The molecule has 1 atom stereocenters. The number of hydrogen-bond donors (Lipinski definition) is 2. The molecule has 1 heterocycles. The van der Waals surface area contributed by atoms with Crippen molar-refractivity contribution < 1.29 is 19.4 Å². The zero-order chi connectivity index (χ0) is 16.4. The first-order valence-electron chi connectivity index (χ1n) is 6.77. The van der Waals surface area contributed by atoms with Gasteiger partial charge < -0.3 is 20.1 Å². The fourth-order valence-corrected chi connectivity index (χ4v) is 2.68. The van der Waals surface area contributed by atoms with E-state index in [1.165, 1.54) is 11.0 Å². The molecule has 0 aromatic heterocycles. The van der Waals surface area contributed by atoms with Gasteiger partial charge in [0.25, 0.3) is 0 Å². The third kappa shape index (κ3) is 2.94. The second-order valence-corrected chi connectivity index (χ2v) is 5.78. The number of phenolic OH excluding ortho intramolecular Hbond substituents is 1. The van der Waals surface area contributed by atoms with E-state index in [1.807, 2.05) is 0 Å². The van der Waals surface area contributed by atoms with Crippen molar-refractivity contribution in [1.82, 2.24) is 10.2 Å². The molecule has 0 fully saturated rings. The zero-order valence-electron chi connectivity index (χ0n) is 12.5. The maximum absolute atomic E-state index is 12.3. The third-order valence-electron chi connectivity index (χ3n) is 3.55. The molecule has 2 N–H and O–H groups in total. The van der Waals surface area contributed by atoms with Crippen molar-refractivity contribution in [3.63, 3.8) is 0 Å². The van der Waals surface area contributed by atoms with Gasteiger partial charge in [-0.3, -0.25) is 0 Å². The standard InChI is InChI=1S/C15H17BrN2O4/c1-4-22-14(20)12-8(2)18(3)15(21)17-13(12)10-7-9(16)5-6-11(10)19/h5-7,13,19H,4H2,1-3H3,(H,17,21)/t13-/m0/s1. The smallest absolute Gasteiger partial charge is 0.338 e. The monoisotopic (exact) mass is 368 g/mol. The Morgan fingerprint density at radius 1 is 1.50 bits per heavy atom. The molecule has 0 bridgehead atoms. The number of halogens is 1. The summed E-state index contributed by atoms with van der Waals surface area (Å²) in [5, 5.41) is 12.8. The lowest BCUT2D eigenvalue weighted by Gasteiger charge is -2.33. The van der Waals surface area contributed by atoms with Gasteiger partial charge in [0.1, 0.15) is 5.75 Å². The minimum absolute atomic E-state index is 0.00680. The van der Waals surface area contributed by atoms with Gasteiger partial charge in [-0.15, -0.1) is 0 Å². The summed E-state index contributed by atoms with van der Waals surface area (Å²) in [5.41, 5.74) is 1.22. The Morgan fingerprint density at radius 2 is 2.18 bits per heavy atom. The summed E-state index contributed by atoms with van der Waals surface area (Å²) in [6.07, 6.45) is 0. The Kier molecular flexibility index (Phi) is 4.75. The molecule has 1 aliphatic rings. The number of aromatic hydroxyl groups is 1. The molecule has 0 aliphatic carbocycles. The minimum Gasteiger partial charge on any atom is -0.508 e. The number of esters is 1. The topological polar surface area (TPSA) is 78.9 Å². The number of nitrogens with zero attached hydrogens (tertiary/aromatic N) is 1. The van der Waals surface area contributed by atoms with Crippen LogP contribution in [0.3, 0.4) is 0 Å². The molecule has 6 nitrogen and oxygen atoms in total. The maximum atomic E-state index is 12.3. The highest BCUT2D eigenvalue weighted by Crippen LogP contribution is 2.36. The van der Waals surface area contributed by atoms with Crippen LogP contribution < -0.4 is 5.32 Å². The SMILES string of the molecule is CCOC(=O)C1=C(C)N(C)C(=O)N[C@H]1c1cc(Br)ccc1O. The Morgan fingerprint density at radius 3 is 2.82 bits per heavy atom. The molecular weight excluding hydrogens is 352 g/mol. The maximum Gasteiger partial charge on any atom is 0.338 e. The van der Waals surface area contributed by atoms with Crippen molar-refractivity contribution in [2.45, 2.75) is 19.9 Å². The van der Waals surface area contributed by atoms with E-state index in [2.05, 4.69) is 21.2 Å². The summed E-state index contributed by atoms with van der Waals surface area (Å²) in [5.74, 6) is -0.524. The highest BCUT2D eigenvalue weighted by atomic mass is 79.9. The number of phenols is 1. The summed E-state index contributed by atoms with van der Waals surface area (Å²) in [6.45, 7) is 3.61. The number of carbonyl (C=O) groups is 2. The van der Waals surface area contributed by atoms with Crippen LogP contribution in [0.15, 0.2) is 33.9 Å². The first-order chi connectivity index (χ1) is 10.4. The van der Waals surface area contributed by atoms with E-state index >= 15 is 0 Å². The molecule has 0 radical (unpaired) electrons. The van der Waals surface area contributed by atoms with E-state index in [1.54, 1.807) is 33.0 Å². The molecule has 118 valence electrons. The van der Waals surface area contributed by atoms with Crippen LogP contribution in [0.4, 0.5) is 4.79 Å². The Labute approximate surface area is 136 Å². The van der Waals surface area contributed by atoms with Crippen molar-refractivity contribution >= 4 is 27.9 Å². The summed E-state index contributed by atoms with van der Waals surface area (Å²) in [4.78, 5) is 25.7. The number of benzene rings is 1. The average molecular weight is 369 g/mol. The van der Waals surface area contributed by atoms with Gasteiger partial charge in [-0.1, -0.05) is 15.9 Å². The van der Waals surface area contributed by atoms with Crippen LogP contribution in [0.2, 0.25) is 0 Å². The average Bonchev–Trinajstić information content (AvgIpc) is 2.47. The molecule has 2 rings (SSSR count). The molecule has 2 amide bonds. The van der Waals surface area contributed by atoms with Gasteiger partial charge in [-0.2, -0.15) is 0 Å². The second-order valence-electron chi connectivity index (χ2n) is 4.86. The van der Waals surface area contributed by atoms with Gasteiger partial charge in [0.05, 0.1) is 18.2 Å². The second kappa shape index (κ2) is 6.39. The molecule has 7 heteroatoms. The van der Waals surface area contributed by atoms with E-state index in [0.717, 1.165) is 4.47 Å². The van der Waals surface area contributed by atoms with Crippen molar-refractivity contribution in [3.8, 4) is 5.75 Å². The molecule has 1 aliphatic heterocycles. The van der Waals surface area contributed by atoms with Crippen LogP contribution in [0, 0.1) is 0 Å². The lowest BCUT2D eigenvalue weighted by atomic mass is 9.94. The van der Waals surface area contributed by atoms with Crippen LogP contribution in [-0.4, -0.2) is 35.7 Å². The molecule has 1 aromatic rings. The van der Waals surface area contributed by atoms with Crippen LogP contribution in [0.1, 0.15) is 25.5 Å². The molecule has 1 aromatic carbocycles. The number of allylic oxidation sites excluding steroid dienone is 1. The van der Waals surface area contributed by atoms with Gasteiger partial charge in [0.15, 0.2) is 0 Å². The van der Waals surface area contributed by atoms with Gasteiger partial charge in [0.2, 0.25) is 0 Å². The number of rotatable bonds is 3. The van der Waals surface area contributed by atoms with Gasteiger partial charge in [0, 0.05) is 22.8 Å². The Bertz CT molecular complexity index is 657. The number of hydrogen-bond acceptors (Lipinski definition) is 4. The molecule has 22 heavy (non-hydrogen) atoms. The number of carbonyl (C=O) groups excluding carboxylic acids is 2. The van der Waals surface area contributed by atoms with E-state index in [-0.39, 0.29) is 18.4 Å². The third-order valence-corrected chi connectivity index (χ3v) is 4.04. The lowest BCUT2D eigenvalue weighted by molar-refractivity contribution is -0.139. The first kappa shape index (κ1) is 16.4. The highest BCUT2D eigenvalue weighted by molar-refractivity contribution is 9.10. The zero-order valence-corrected chi connectivity index (χ0v) is 14.1. The summed E-state index contributed by atoms with van der Waals surface area (Å²) >= 11 is 3.33. The first-order valence-corrected chi connectivity index (χ1v) is 7.56. The predicted octanol–water partition coefficient (Wildman–Crippen LogP) is 2.69. The fourth-order valence-electron chi connectivity index (χ4n) is 2.30. The van der Waals surface area contributed by atoms with E-state index < -0.39 is 12.0 Å². The number of nitrogens with one attached hydrogen (secondary N) is 1. The van der Waals surface area contributed by atoms with Crippen LogP contribution >= 0.6 is 15.9 Å². The van der Waals surface area contributed by atoms with E-state index in [0.29, 0.717) is 16.8 Å². The highest BCUT2D eigenvalue weighted by Gasteiger charge is 2.36. The molecule has 0 saturated carbocycles. The van der Waals surface area contributed by atoms with Crippen molar-refractivity contribution in [2.24, 2.45) is 0 Å². The van der Waals surface area contributed by atoms with Crippen LogP contribution in [0.5, 0.6) is 5.75 Å². The Hall–Kier alpha value is -2.02. The van der Waals surface area contributed by atoms with Crippen molar-refractivity contribution in [3.05, 3.63) is 39.5 Å².